The lowest BCUT2D eigenvalue weighted by atomic mass is 10.1. The first kappa shape index (κ1) is 25.0. The van der Waals surface area contributed by atoms with Crippen molar-refractivity contribution in [1.82, 2.24) is 28.5 Å². The van der Waals surface area contributed by atoms with Crippen molar-refractivity contribution < 1.29 is 9.53 Å². The van der Waals surface area contributed by atoms with Gasteiger partial charge in [-0.3, -0.25) is 18.5 Å². The Labute approximate surface area is 221 Å². The first-order valence-corrected chi connectivity index (χ1v) is 12.0. The molecular formula is C27H23ClN6O4. The molecule has 0 saturated heterocycles. The van der Waals surface area contributed by atoms with Gasteiger partial charge >= 0.3 is 11.7 Å². The fraction of sp³-hybridized carbons (Fsp3) is 0.148. The van der Waals surface area contributed by atoms with Crippen LogP contribution in [0.4, 0.5) is 0 Å². The monoisotopic (exact) mass is 530 g/mol. The van der Waals surface area contributed by atoms with Crippen molar-refractivity contribution in [2.24, 2.45) is 14.1 Å². The molecule has 11 heteroatoms. The summed E-state index contributed by atoms with van der Waals surface area (Å²) in [5.41, 5.74) is 1.67. The van der Waals surface area contributed by atoms with Crippen molar-refractivity contribution in [2.45, 2.75) is 6.54 Å². The smallest absolute Gasteiger partial charge is 0.358 e. The second-order valence-electron chi connectivity index (χ2n) is 8.54. The minimum absolute atomic E-state index is 0.0534. The third kappa shape index (κ3) is 4.35. The summed E-state index contributed by atoms with van der Waals surface area (Å²) >= 11 is 6.09. The predicted octanol–water partition coefficient (Wildman–Crippen LogP) is 3.44. The number of aryl methyl sites for hydroxylation is 1. The molecule has 0 bridgehead atoms. The number of ether oxygens (including phenoxy) is 1. The summed E-state index contributed by atoms with van der Waals surface area (Å²) in [5.74, 6) is -0.384. The molecule has 5 rings (SSSR count). The summed E-state index contributed by atoms with van der Waals surface area (Å²) in [6.07, 6.45) is 3.81. The average Bonchev–Trinajstić information content (AvgIpc) is 3.54. The number of halogens is 1. The van der Waals surface area contributed by atoms with Crippen LogP contribution in [0.15, 0.2) is 76.3 Å². The lowest BCUT2D eigenvalue weighted by Gasteiger charge is -2.10. The van der Waals surface area contributed by atoms with Gasteiger partial charge < -0.3 is 4.74 Å². The predicted molar refractivity (Wildman–Crippen MR) is 145 cm³/mol. The van der Waals surface area contributed by atoms with Crippen LogP contribution in [0.25, 0.3) is 34.4 Å². The number of esters is 1. The molecule has 0 radical (unpaired) electrons. The van der Waals surface area contributed by atoms with Gasteiger partial charge in [0.2, 0.25) is 5.95 Å². The lowest BCUT2D eigenvalue weighted by molar-refractivity contribution is 0.0593. The number of rotatable bonds is 6. The van der Waals surface area contributed by atoms with Gasteiger partial charge in [-0.2, -0.15) is 14.8 Å². The van der Waals surface area contributed by atoms with Gasteiger partial charge in [-0.15, -0.1) is 0 Å². The Morgan fingerprint density at radius 1 is 1.03 bits per heavy atom. The highest BCUT2D eigenvalue weighted by atomic mass is 35.5. The molecule has 5 aromatic rings. The number of hydrogen-bond acceptors (Lipinski definition) is 6. The average molecular weight is 531 g/mol. The lowest BCUT2D eigenvalue weighted by Crippen LogP contribution is -2.37. The van der Waals surface area contributed by atoms with E-state index >= 15 is 0 Å². The molecule has 10 nitrogen and oxygen atoms in total. The van der Waals surface area contributed by atoms with Crippen LogP contribution in [0, 0.1) is 0 Å². The molecule has 192 valence electrons. The molecule has 0 N–H and O–H groups in total. The summed E-state index contributed by atoms with van der Waals surface area (Å²) in [6.45, 7) is 0.238. The van der Waals surface area contributed by atoms with Crippen LogP contribution in [0.5, 0.6) is 0 Å². The number of aromatic nitrogens is 6. The molecule has 0 aliphatic carbocycles. The third-order valence-electron chi connectivity index (χ3n) is 6.16. The fourth-order valence-corrected chi connectivity index (χ4v) is 4.32. The van der Waals surface area contributed by atoms with E-state index in [0.29, 0.717) is 16.3 Å². The Balaban J connectivity index is 1.78. The molecule has 0 aliphatic rings. The van der Waals surface area contributed by atoms with Crippen molar-refractivity contribution in [3.8, 4) is 17.2 Å². The highest BCUT2D eigenvalue weighted by Crippen LogP contribution is 2.27. The number of hydrogen-bond donors (Lipinski definition) is 0. The number of imidazole rings is 1. The number of methoxy groups -OCH3 is 1. The van der Waals surface area contributed by atoms with Crippen LogP contribution in [0.3, 0.4) is 0 Å². The minimum Gasteiger partial charge on any atom is -0.464 e. The van der Waals surface area contributed by atoms with E-state index in [0.717, 1.165) is 10.1 Å². The van der Waals surface area contributed by atoms with Gasteiger partial charge in [-0.25, -0.2) is 9.59 Å². The number of carbonyl (C=O) groups excluding carboxylic acids is 1. The molecule has 0 unspecified atom stereocenters. The number of allylic oxidation sites excluding steroid dienone is 1. The van der Waals surface area contributed by atoms with Gasteiger partial charge in [0.15, 0.2) is 16.9 Å². The molecule has 38 heavy (non-hydrogen) atoms. The number of carbonyl (C=O) groups is 1. The van der Waals surface area contributed by atoms with Crippen molar-refractivity contribution >= 4 is 34.8 Å². The van der Waals surface area contributed by atoms with Crippen LogP contribution in [-0.4, -0.2) is 41.5 Å². The number of benzene rings is 2. The van der Waals surface area contributed by atoms with Crippen molar-refractivity contribution in [2.75, 3.05) is 7.11 Å². The second-order valence-corrected chi connectivity index (χ2v) is 8.97. The maximum Gasteiger partial charge on any atom is 0.358 e. The first-order chi connectivity index (χ1) is 18.3. The quantitative estimate of drug-likeness (QED) is 0.311. The van der Waals surface area contributed by atoms with Crippen molar-refractivity contribution in [3.05, 3.63) is 104 Å². The second kappa shape index (κ2) is 9.98. The number of nitrogens with zero attached hydrogens (tertiary/aromatic N) is 6. The Kier molecular flexibility index (Phi) is 6.56. The van der Waals surface area contributed by atoms with Gasteiger partial charge in [-0.05, 0) is 23.8 Å². The van der Waals surface area contributed by atoms with Crippen molar-refractivity contribution in [1.29, 1.82) is 0 Å². The van der Waals surface area contributed by atoms with Crippen LogP contribution in [0.1, 0.15) is 16.1 Å². The van der Waals surface area contributed by atoms with E-state index in [1.54, 1.807) is 41.9 Å². The maximum atomic E-state index is 13.3. The molecular weight excluding hydrogens is 508 g/mol. The zero-order valence-corrected chi connectivity index (χ0v) is 21.6. The highest BCUT2D eigenvalue weighted by Gasteiger charge is 2.24. The standard InChI is InChI=1S/C27H23ClN6O4/c1-31-23-22(24(35)32(2)27(31)37)33(15-7-10-17-8-5-4-6-9-17)26(29-23)34-21(16-20(30-34)25(36)38-3)18-11-13-19(28)14-12-18/h4-14,16H,15H2,1-3H3/b10-7+. The first-order valence-electron chi connectivity index (χ1n) is 11.6. The summed E-state index contributed by atoms with van der Waals surface area (Å²) in [6, 6.07) is 18.3. The minimum atomic E-state index is -0.631. The Morgan fingerprint density at radius 3 is 2.42 bits per heavy atom. The van der Waals surface area contributed by atoms with Gasteiger partial charge in [0.05, 0.1) is 12.8 Å². The highest BCUT2D eigenvalue weighted by molar-refractivity contribution is 6.30. The van der Waals surface area contributed by atoms with Gasteiger partial charge in [-0.1, -0.05) is 66.2 Å². The Hall–Kier alpha value is -4.70. The fourth-order valence-electron chi connectivity index (χ4n) is 4.19. The van der Waals surface area contributed by atoms with E-state index in [1.807, 2.05) is 42.5 Å². The van der Waals surface area contributed by atoms with Crippen LogP contribution < -0.4 is 11.2 Å². The van der Waals surface area contributed by atoms with E-state index in [4.69, 9.17) is 16.3 Å². The van der Waals surface area contributed by atoms with Gasteiger partial charge in [0, 0.05) is 31.2 Å². The Morgan fingerprint density at radius 2 is 1.74 bits per heavy atom. The third-order valence-corrected chi connectivity index (χ3v) is 6.41. The summed E-state index contributed by atoms with van der Waals surface area (Å²) < 4.78 is 10.4. The van der Waals surface area contributed by atoms with Gasteiger partial charge in [0.25, 0.3) is 5.56 Å². The zero-order valence-electron chi connectivity index (χ0n) is 20.8. The molecule has 3 heterocycles. The molecule has 0 amide bonds. The zero-order chi connectivity index (χ0) is 27.0. The molecule has 0 aliphatic heterocycles. The van der Waals surface area contributed by atoms with Crippen LogP contribution >= 0.6 is 11.6 Å². The summed E-state index contributed by atoms with van der Waals surface area (Å²) in [7, 11) is 4.24. The normalized spacial score (nSPS) is 11.5. The topological polar surface area (TPSA) is 106 Å². The largest absolute Gasteiger partial charge is 0.464 e. The maximum absolute atomic E-state index is 13.3. The molecule has 2 aromatic carbocycles. The van der Waals surface area contributed by atoms with E-state index in [2.05, 4.69) is 10.1 Å². The SMILES string of the molecule is COC(=O)c1cc(-c2ccc(Cl)cc2)n(-c2nc3c(c(=O)n(C)c(=O)n3C)n2C/C=C/c2ccccc2)n1. The molecule has 0 fully saturated rings. The van der Waals surface area contributed by atoms with Crippen LogP contribution in [0.2, 0.25) is 5.02 Å². The van der Waals surface area contributed by atoms with E-state index < -0.39 is 17.2 Å². The van der Waals surface area contributed by atoms with E-state index in [1.165, 1.54) is 23.4 Å². The van der Waals surface area contributed by atoms with E-state index in [9.17, 15) is 14.4 Å². The van der Waals surface area contributed by atoms with E-state index in [-0.39, 0.29) is 29.4 Å². The number of fused-ring (bicyclic) bond motifs is 1. The van der Waals surface area contributed by atoms with Crippen LogP contribution in [-0.2, 0) is 25.4 Å². The summed E-state index contributed by atoms with van der Waals surface area (Å²) in [4.78, 5) is 43.1. The van der Waals surface area contributed by atoms with Crippen molar-refractivity contribution in [3.63, 3.8) is 0 Å². The molecule has 0 spiro atoms. The Bertz CT molecular complexity index is 1810. The summed E-state index contributed by atoms with van der Waals surface area (Å²) in [5, 5.41) is 5.03. The van der Waals surface area contributed by atoms with Gasteiger partial charge in [0.1, 0.15) is 0 Å². The molecule has 3 aromatic heterocycles. The molecule has 0 atom stereocenters. The molecule has 0 saturated carbocycles.